The maximum Gasteiger partial charge on any atom is 0.220 e. The highest BCUT2D eigenvalue weighted by Gasteiger charge is 2.41. The van der Waals surface area contributed by atoms with Crippen LogP contribution in [0.3, 0.4) is 0 Å². The lowest BCUT2D eigenvalue weighted by atomic mass is 10.1. The third-order valence-electron chi connectivity index (χ3n) is 3.75. The first-order valence-corrected chi connectivity index (χ1v) is 7.59. The van der Waals surface area contributed by atoms with E-state index in [1.807, 2.05) is 25.2 Å². The van der Waals surface area contributed by atoms with E-state index in [1.165, 1.54) is 18.4 Å². The molecule has 0 spiro atoms. The monoisotopic (exact) mass is 324 g/mol. The van der Waals surface area contributed by atoms with Crippen LogP contribution in [0.1, 0.15) is 24.8 Å². The number of carbonyl (C=O) groups excluding carboxylic acids is 1. The molecule has 0 aliphatic heterocycles. The Hall–Kier alpha value is -0.870. The fourth-order valence-electron chi connectivity index (χ4n) is 2.29. The predicted octanol–water partition coefficient (Wildman–Crippen LogP) is 2.50. The zero-order chi connectivity index (χ0) is 13.7. The van der Waals surface area contributed by atoms with Gasteiger partial charge in [0.1, 0.15) is 0 Å². The average molecular weight is 325 g/mol. The molecule has 0 heterocycles. The molecule has 0 atom stereocenters. The Bertz CT molecular complexity index is 444. The lowest BCUT2D eigenvalue weighted by Crippen LogP contribution is -2.35. The van der Waals surface area contributed by atoms with Gasteiger partial charge in [-0.2, -0.15) is 0 Å². The van der Waals surface area contributed by atoms with Gasteiger partial charge >= 0.3 is 0 Å². The van der Waals surface area contributed by atoms with Crippen LogP contribution in [-0.4, -0.2) is 26.0 Å². The van der Waals surface area contributed by atoms with E-state index >= 15 is 0 Å². The number of hydrogen-bond donors (Lipinski definition) is 2. The molecule has 1 aromatic carbocycles. The van der Waals surface area contributed by atoms with Gasteiger partial charge in [-0.15, -0.1) is 0 Å². The van der Waals surface area contributed by atoms with E-state index in [1.54, 1.807) is 0 Å². The van der Waals surface area contributed by atoms with E-state index in [0.717, 1.165) is 24.0 Å². The zero-order valence-electron chi connectivity index (χ0n) is 11.3. The second-order valence-corrected chi connectivity index (χ2v) is 6.25. The number of benzene rings is 1. The van der Waals surface area contributed by atoms with Crippen molar-refractivity contribution >= 4 is 21.8 Å². The van der Waals surface area contributed by atoms with Crippen molar-refractivity contribution in [2.75, 3.05) is 20.1 Å². The molecule has 1 saturated carbocycles. The Morgan fingerprint density at radius 2 is 2.05 bits per heavy atom. The van der Waals surface area contributed by atoms with Gasteiger partial charge in [0.15, 0.2) is 0 Å². The van der Waals surface area contributed by atoms with Crippen LogP contribution in [0, 0.1) is 5.41 Å². The first-order valence-electron chi connectivity index (χ1n) is 6.80. The number of rotatable bonds is 7. The Morgan fingerprint density at radius 3 is 2.68 bits per heavy atom. The maximum atomic E-state index is 11.9. The highest BCUT2D eigenvalue weighted by atomic mass is 79.9. The molecule has 1 aromatic rings. The molecule has 0 bridgehead atoms. The summed E-state index contributed by atoms with van der Waals surface area (Å²) in [4.78, 5) is 11.9. The van der Waals surface area contributed by atoms with Gasteiger partial charge in [0.25, 0.3) is 0 Å². The smallest absolute Gasteiger partial charge is 0.220 e. The molecule has 1 fully saturated rings. The molecule has 4 heteroatoms. The minimum Gasteiger partial charge on any atom is -0.355 e. The molecule has 0 radical (unpaired) electrons. The molecule has 104 valence electrons. The van der Waals surface area contributed by atoms with Crippen LogP contribution in [0.5, 0.6) is 0 Å². The number of amides is 1. The summed E-state index contributed by atoms with van der Waals surface area (Å²) in [6.07, 6.45) is 3.78. The zero-order valence-corrected chi connectivity index (χ0v) is 12.9. The van der Waals surface area contributed by atoms with E-state index in [9.17, 15) is 4.79 Å². The van der Waals surface area contributed by atoms with E-state index < -0.39 is 0 Å². The first-order chi connectivity index (χ1) is 9.15. The summed E-state index contributed by atoms with van der Waals surface area (Å²) in [5.41, 5.74) is 1.52. The van der Waals surface area contributed by atoms with Crippen LogP contribution in [0.25, 0.3) is 0 Å². The molecule has 1 aliphatic rings. The van der Waals surface area contributed by atoms with Crippen LogP contribution in [0.4, 0.5) is 0 Å². The molecule has 2 N–H and O–H groups in total. The van der Waals surface area contributed by atoms with Crippen molar-refractivity contribution in [3.05, 3.63) is 34.3 Å². The van der Waals surface area contributed by atoms with Crippen LogP contribution in [-0.2, 0) is 11.2 Å². The quantitative estimate of drug-likeness (QED) is 0.809. The summed E-state index contributed by atoms with van der Waals surface area (Å²) in [6, 6.07) is 8.06. The fourth-order valence-corrected chi connectivity index (χ4v) is 2.77. The molecule has 19 heavy (non-hydrogen) atoms. The molecule has 0 saturated heterocycles. The molecule has 1 amide bonds. The minimum atomic E-state index is 0.151. The number of aryl methyl sites for hydroxylation is 1. The SMILES string of the molecule is CNCC1(CNC(=O)CCc2ccccc2Br)CC1. The standard InChI is InChI=1S/C15H21BrN2O/c1-17-10-15(8-9-15)11-18-14(19)7-6-12-4-2-3-5-13(12)16/h2-5,17H,6-11H2,1H3,(H,18,19). The topological polar surface area (TPSA) is 41.1 Å². The van der Waals surface area contributed by atoms with Gasteiger partial charge in [0.05, 0.1) is 0 Å². The average Bonchev–Trinajstić information content (AvgIpc) is 3.16. The summed E-state index contributed by atoms with van der Waals surface area (Å²) in [6.45, 7) is 1.81. The van der Waals surface area contributed by atoms with Gasteiger partial charge in [0, 0.05) is 29.4 Å². The largest absolute Gasteiger partial charge is 0.355 e. The fraction of sp³-hybridized carbons (Fsp3) is 0.533. The Labute approximate surface area is 123 Å². The van der Waals surface area contributed by atoms with E-state index in [0.29, 0.717) is 11.8 Å². The van der Waals surface area contributed by atoms with Crippen molar-refractivity contribution < 1.29 is 4.79 Å². The van der Waals surface area contributed by atoms with Crippen LogP contribution in [0.15, 0.2) is 28.7 Å². The van der Waals surface area contributed by atoms with Crippen LogP contribution < -0.4 is 10.6 Å². The first kappa shape index (κ1) is 14.5. The Kier molecular flexibility index (Phi) is 4.99. The summed E-state index contributed by atoms with van der Waals surface area (Å²) in [7, 11) is 1.97. The second kappa shape index (κ2) is 6.53. The third kappa shape index (κ3) is 4.32. The highest BCUT2D eigenvalue weighted by Crippen LogP contribution is 2.44. The summed E-state index contributed by atoms with van der Waals surface area (Å²) in [5.74, 6) is 0.151. The molecule has 1 aliphatic carbocycles. The lowest BCUT2D eigenvalue weighted by Gasteiger charge is -2.15. The van der Waals surface area contributed by atoms with Crippen LogP contribution in [0.2, 0.25) is 0 Å². The third-order valence-corrected chi connectivity index (χ3v) is 4.52. The van der Waals surface area contributed by atoms with Crippen molar-refractivity contribution in [1.82, 2.24) is 10.6 Å². The van der Waals surface area contributed by atoms with Gasteiger partial charge in [-0.3, -0.25) is 4.79 Å². The molecular weight excluding hydrogens is 304 g/mol. The van der Waals surface area contributed by atoms with Crippen molar-refractivity contribution in [3.63, 3.8) is 0 Å². The normalized spacial score (nSPS) is 16.1. The summed E-state index contributed by atoms with van der Waals surface area (Å²) >= 11 is 3.51. The van der Waals surface area contributed by atoms with E-state index in [-0.39, 0.29) is 5.91 Å². The van der Waals surface area contributed by atoms with Gasteiger partial charge in [0.2, 0.25) is 5.91 Å². The number of hydrogen-bond acceptors (Lipinski definition) is 2. The van der Waals surface area contributed by atoms with E-state index in [4.69, 9.17) is 0 Å². The highest BCUT2D eigenvalue weighted by molar-refractivity contribution is 9.10. The van der Waals surface area contributed by atoms with Crippen molar-refractivity contribution in [1.29, 1.82) is 0 Å². The molecule has 0 unspecified atom stereocenters. The van der Waals surface area contributed by atoms with Crippen molar-refractivity contribution in [2.24, 2.45) is 5.41 Å². The second-order valence-electron chi connectivity index (χ2n) is 5.40. The number of halogens is 1. The predicted molar refractivity (Wildman–Crippen MR) is 81.1 cm³/mol. The summed E-state index contributed by atoms with van der Waals surface area (Å²) in [5, 5.41) is 6.27. The molecular formula is C15H21BrN2O. The molecule has 3 nitrogen and oxygen atoms in total. The number of carbonyl (C=O) groups is 1. The van der Waals surface area contributed by atoms with Gasteiger partial charge in [-0.05, 0) is 37.9 Å². The molecule has 0 aromatic heterocycles. The molecule has 2 rings (SSSR count). The Morgan fingerprint density at radius 1 is 1.32 bits per heavy atom. The van der Waals surface area contributed by atoms with Crippen molar-refractivity contribution in [2.45, 2.75) is 25.7 Å². The van der Waals surface area contributed by atoms with Crippen molar-refractivity contribution in [3.8, 4) is 0 Å². The van der Waals surface area contributed by atoms with Gasteiger partial charge < -0.3 is 10.6 Å². The Balaban J connectivity index is 1.72. The van der Waals surface area contributed by atoms with E-state index in [2.05, 4.69) is 32.6 Å². The minimum absolute atomic E-state index is 0.151. The summed E-state index contributed by atoms with van der Waals surface area (Å²) < 4.78 is 1.08. The van der Waals surface area contributed by atoms with Gasteiger partial charge in [-0.25, -0.2) is 0 Å². The van der Waals surface area contributed by atoms with Gasteiger partial charge in [-0.1, -0.05) is 34.1 Å². The number of nitrogens with one attached hydrogen (secondary N) is 2. The maximum absolute atomic E-state index is 11.9. The lowest BCUT2D eigenvalue weighted by molar-refractivity contribution is -0.121. The van der Waals surface area contributed by atoms with Crippen LogP contribution >= 0.6 is 15.9 Å².